The van der Waals surface area contributed by atoms with E-state index in [0.717, 1.165) is 44.7 Å². The molecule has 0 aromatic carbocycles. The Kier molecular flexibility index (Phi) is 12.1. The topological polar surface area (TPSA) is 40.1 Å². The summed E-state index contributed by atoms with van der Waals surface area (Å²) >= 11 is 0. The SMILES string of the molecule is CCNC(=NCCCCN1CCCC(C)C1)N(C)CC1CCOC1.I. The highest BCUT2D eigenvalue weighted by Gasteiger charge is 2.19. The molecule has 0 bridgehead atoms. The molecule has 6 heteroatoms. The van der Waals surface area contributed by atoms with Crippen molar-refractivity contribution in [1.82, 2.24) is 15.1 Å². The zero-order chi connectivity index (χ0) is 17.2. The lowest BCUT2D eigenvalue weighted by Gasteiger charge is -2.30. The highest BCUT2D eigenvalue weighted by molar-refractivity contribution is 14.0. The van der Waals surface area contributed by atoms with E-state index in [1.54, 1.807) is 0 Å². The maximum Gasteiger partial charge on any atom is 0.193 e. The van der Waals surface area contributed by atoms with Crippen molar-refractivity contribution < 1.29 is 4.74 Å². The number of guanidine groups is 1. The molecule has 2 unspecified atom stereocenters. The molecule has 0 aromatic heterocycles. The van der Waals surface area contributed by atoms with Gasteiger partial charge in [-0.1, -0.05) is 6.92 Å². The third-order valence-electron chi connectivity index (χ3n) is 5.14. The number of ether oxygens (including phenoxy) is 1. The first-order valence-corrected chi connectivity index (χ1v) is 9.98. The fourth-order valence-corrected chi connectivity index (χ4v) is 3.79. The van der Waals surface area contributed by atoms with Crippen LogP contribution in [0.4, 0.5) is 0 Å². The number of halogens is 1. The van der Waals surface area contributed by atoms with E-state index in [1.165, 1.54) is 51.7 Å². The van der Waals surface area contributed by atoms with Crippen molar-refractivity contribution in [1.29, 1.82) is 0 Å². The predicted molar refractivity (Wildman–Crippen MR) is 117 cm³/mol. The second kappa shape index (κ2) is 13.1. The van der Waals surface area contributed by atoms with Crippen molar-refractivity contribution in [3.05, 3.63) is 0 Å². The van der Waals surface area contributed by atoms with Crippen molar-refractivity contribution in [3.63, 3.8) is 0 Å². The molecule has 0 amide bonds. The summed E-state index contributed by atoms with van der Waals surface area (Å²) in [5.41, 5.74) is 0. The van der Waals surface area contributed by atoms with Crippen molar-refractivity contribution in [3.8, 4) is 0 Å². The van der Waals surface area contributed by atoms with E-state index in [2.05, 4.69) is 36.0 Å². The summed E-state index contributed by atoms with van der Waals surface area (Å²) in [5, 5.41) is 3.43. The minimum atomic E-state index is 0. The molecule has 0 aromatic rings. The molecule has 2 aliphatic rings. The van der Waals surface area contributed by atoms with Crippen LogP contribution in [0.1, 0.15) is 46.0 Å². The monoisotopic (exact) mass is 466 g/mol. The van der Waals surface area contributed by atoms with Gasteiger partial charge in [0.25, 0.3) is 0 Å². The van der Waals surface area contributed by atoms with Crippen LogP contribution in [0.5, 0.6) is 0 Å². The Morgan fingerprint density at radius 2 is 2.16 bits per heavy atom. The fourth-order valence-electron chi connectivity index (χ4n) is 3.79. The molecule has 2 rings (SSSR count). The Bertz CT molecular complexity index is 374. The number of likely N-dealkylation sites (tertiary alicyclic amines) is 1. The molecule has 1 N–H and O–H groups in total. The van der Waals surface area contributed by atoms with Gasteiger partial charge in [-0.15, -0.1) is 24.0 Å². The van der Waals surface area contributed by atoms with Gasteiger partial charge in [-0.2, -0.15) is 0 Å². The largest absolute Gasteiger partial charge is 0.381 e. The Labute approximate surface area is 172 Å². The third kappa shape index (κ3) is 8.91. The predicted octanol–water partition coefficient (Wildman–Crippen LogP) is 3.05. The van der Waals surface area contributed by atoms with E-state index in [-0.39, 0.29) is 24.0 Å². The van der Waals surface area contributed by atoms with Crippen LogP contribution >= 0.6 is 24.0 Å². The second-order valence-corrected chi connectivity index (χ2v) is 7.60. The van der Waals surface area contributed by atoms with E-state index in [1.807, 2.05) is 0 Å². The van der Waals surface area contributed by atoms with Crippen LogP contribution in [-0.4, -0.2) is 75.3 Å². The van der Waals surface area contributed by atoms with Gasteiger partial charge >= 0.3 is 0 Å². The number of piperidine rings is 1. The summed E-state index contributed by atoms with van der Waals surface area (Å²) < 4.78 is 5.48. The minimum Gasteiger partial charge on any atom is -0.381 e. The summed E-state index contributed by atoms with van der Waals surface area (Å²) in [4.78, 5) is 9.73. The van der Waals surface area contributed by atoms with Gasteiger partial charge in [0.05, 0.1) is 6.61 Å². The van der Waals surface area contributed by atoms with Gasteiger partial charge in [0.1, 0.15) is 0 Å². The smallest absolute Gasteiger partial charge is 0.193 e. The molecule has 25 heavy (non-hydrogen) atoms. The lowest BCUT2D eigenvalue weighted by atomic mass is 10.0. The number of hydrogen-bond donors (Lipinski definition) is 1. The van der Waals surface area contributed by atoms with E-state index in [4.69, 9.17) is 9.73 Å². The molecule has 2 saturated heterocycles. The first kappa shape index (κ1) is 23.0. The van der Waals surface area contributed by atoms with E-state index >= 15 is 0 Å². The van der Waals surface area contributed by atoms with Crippen LogP contribution in [0.2, 0.25) is 0 Å². The van der Waals surface area contributed by atoms with Gasteiger partial charge in [0, 0.05) is 45.8 Å². The van der Waals surface area contributed by atoms with Gasteiger partial charge in [-0.05, 0) is 58.0 Å². The fraction of sp³-hybridized carbons (Fsp3) is 0.947. The average Bonchev–Trinajstić information content (AvgIpc) is 3.06. The Balaban J connectivity index is 0.00000312. The van der Waals surface area contributed by atoms with Gasteiger partial charge in [0.15, 0.2) is 5.96 Å². The number of hydrogen-bond acceptors (Lipinski definition) is 3. The van der Waals surface area contributed by atoms with Gasteiger partial charge in [-0.3, -0.25) is 4.99 Å². The van der Waals surface area contributed by atoms with Gasteiger partial charge in [-0.25, -0.2) is 0 Å². The zero-order valence-electron chi connectivity index (χ0n) is 16.5. The highest BCUT2D eigenvalue weighted by Crippen LogP contribution is 2.16. The highest BCUT2D eigenvalue weighted by atomic mass is 127. The zero-order valence-corrected chi connectivity index (χ0v) is 18.8. The molecule has 2 aliphatic heterocycles. The summed E-state index contributed by atoms with van der Waals surface area (Å²) in [6.45, 7) is 13.1. The van der Waals surface area contributed by atoms with Crippen LogP contribution in [0, 0.1) is 11.8 Å². The van der Waals surface area contributed by atoms with E-state index in [9.17, 15) is 0 Å². The molecular weight excluding hydrogens is 427 g/mol. The molecule has 5 nitrogen and oxygen atoms in total. The van der Waals surface area contributed by atoms with Crippen LogP contribution < -0.4 is 5.32 Å². The van der Waals surface area contributed by atoms with Crippen LogP contribution in [0.3, 0.4) is 0 Å². The lowest BCUT2D eigenvalue weighted by Crippen LogP contribution is -2.41. The molecular formula is C19H39IN4O. The second-order valence-electron chi connectivity index (χ2n) is 7.60. The molecule has 148 valence electrons. The van der Waals surface area contributed by atoms with Crippen LogP contribution in [0.15, 0.2) is 4.99 Å². The standard InChI is InChI=1S/C19H38N4O.HI/c1-4-20-19(22(3)15-18-9-13-24-16-18)21-10-5-6-11-23-12-7-8-17(2)14-23;/h17-18H,4-16H2,1-3H3,(H,20,21);1H. The van der Waals surface area contributed by atoms with Crippen molar-refractivity contribution in [2.24, 2.45) is 16.8 Å². The van der Waals surface area contributed by atoms with Crippen molar-refractivity contribution >= 4 is 29.9 Å². The Morgan fingerprint density at radius 3 is 2.84 bits per heavy atom. The molecule has 2 heterocycles. The molecule has 2 fully saturated rings. The van der Waals surface area contributed by atoms with Gasteiger partial charge < -0.3 is 19.9 Å². The van der Waals surface area contributed by atoms with E-state index in [0.29, 0.717) is 5.92 Å². The summed E-state index contributed by atoms with van der Waals surface area (Å²) in [6.07, 6.45) is 6.40. The molecule has 0 saturated carbocycles. The first-order valence-electron chi connectivity index (χ1n) is 9.98. The van der Waals surface area contributed by atoms with Crippen LogP contribution in [0.25, 0.3) is 0 Å². The van der Waals surface area contributed by atoms with E-state index < -0.39 is 0 Å². The maximum atomic E-state index is 5.48. The number of nitrogens with one attached hydrogen (secondary N) is 1. The quantitative estimate of drug-likeness (QED) is 0.259. The summed E-state index contributed by atoms with van der Waals surface area (Å²) in [7, 11) is 2.15. The average molecular weight is 466 g/mol. The summed E-state index contributed by atoms with van der Waals surface area (Å²) in [5.74, 6) is 2.58. The summed E-state index contributed by atoms with van der Waals surface area (Å²) in [6, 6.07) is 0. The molecule has 0 radical (unpaired) electrons. The number of nitrogens with zero attached hydrogens (tertiary/aromatic N) is 3. The molecule has 2 atom stereocenters. The molecule has 0 aliphatic carbocycles. The third-order valence-corrected chi connectivity index (χ3v) is 5.14. The molecule has 0 spiro atoms. The van der Waals surface area contributed by atoms with Crippen LogP contribution in [-0.2, 0) is 4.74 Å². The van der Waals surface area contributed by atoms with Gasteiger partial charge in [0.2, 0.25) is 0 Å². The number of rotatable bonds is 8. The number of aliphatic imine (C=N–C) groups is 1. The Hall–Kier alpha value is -0.0800. The van der Waals surface area contributed by atoms with Crippen molar-refractivity contribution in [2.75, 3.05) is 59.5 Å². The lowest BCUT2D eigenvalue weighted by molar-refractivity contribution is 0.181. The first-order chi connectivity index (χ1) is 11.7. The normalized spacial score (nSPS) is 24.8. The Morgan fingerprint density at radius 1 is 1.32 bits per heavy atom. The minimum absolute atomic E-state index is 0. The van der Waals surface area contributed by atoms with Crippen molar-refractivity contribution in [2.45, 2.75) is 46.0 Å². The maximum absolute atomic E-state index is 5.48. The number of unbranched alkanes of at least 4 members (excludes halogenated alkanes) is 1.